The molecule has 2 aromatic rings. The minimum Gasteiger partial charge on any atom is -0.361 e. The zero-order valence-corrected chi connectivity index (χ0v) is 14.7. The van der Waals surface area contributed by atoms with Crippen LogP contribution in [0.4, 0.5) is 0 Å². The molecule has 0 bridgehead atoms. The number of hydrogen-bond donors (Lipinski definition) is 0. The molecule has 0 spiro atoms. The van der Waals surface area contributed by atoms with Gasteiger partial charge in [-0.1, -0.05) is 42.8 Å². The second kappa shape index (κ2) is 6.01. The van der Waals surface area contributed by atoms with Crippen LogP contribution in [0, 0.1) is 6.92 Å². The number of aryl methyl sites for hydroxylation is 1. The van der Waals surface area contributed by atoms with Crippen molar-refractivity contribution in [2.45, 2.75) is 39.3 Å². The summed E-state index contributed by atoms with van der Waals surface area (Å²) in [6.07, 6.45) is 0. The quantitative estimate of drug-likeness (QED) is 0.464. The van der Waals surface area contributed by atoms with E-state index >= 15 is 0 Å². The van der Waals surface area contributed by atoms with E-state index in [1.54, 1.807) is 6.07 Å². The van der Waals surface area contributed by atoms with Crippen molar-refractivity contribution in [2.24, 2.45) is 0 Å². The summed E-state index contributed by atoms with van der Waals surface area (Å²) in [4.78, 5) is 8.51. The van der Waals surface area contributed by atoms with Gasteiger partial charge in [0.15, 0.2) is 5.15 Å². The Bertz CT molecular complexity index is 622. The topological polar surface area (TPSA) is 39.9 Å². The highest BCUT2D eigenvalue weighted by atomic mass is 35.5. The van der Waals surface area contributed by atoms with E-state index in [9.17, 15) is 0 Å². The summed E-state index contributed by atoms with van der Waals surface area (Å²) in [5.74, 6) is 0.846. The van der Waals surface area contributed by atoms with Crippen LogP contribution in [0.2, 0.25) is 36.0 Å². The van der Waals surface area contributed by atoms with Crippen LogP contribution in [0.25, 0.3) is 11.0 Å². The maximum Gasteiger partial charge on any atom is 0.156 e. The molecule has 4 nitrogen and oxygen atoms in total. The van der Waals surface area contributed by atoms with Gasteiger partial charge in [0.1, 0.15) is 23.2 Å². The van der Waals surface area contributed by atoms with Gasteiger partial charge in [-0.25, -0.2) is 9.97 Å². The zero-order chi connectivity index (χ0) is 14.9. The predicted molar refractivity (Wildman–Crippen MR) is 86.4 cm³/mol. The van der Waals surface area contributed by atoms with E-state index in [4.69, 9.17) is 27.9 Å². The van der Waals surface area contributed by atoms with Crippen LogP contribution in [-0.4, -0.2) is 29.2 Å². The van der Waals surface area contributed by atoms with Gasteiger partial charge in [-0.15, -0.1) is 0 Å². The molecule has 110 valence electrons. The number of fused-ring (bicyclic) bond motifs is 1. The fourth-order valence-corrected chi connectivity index (χ4v) is 3.17. The fraction of sp³-hybridized carbons (Fsp3) is 0.538. The first-order valence-corrected chi connectivity index (χ1v) is 11.0. The molecule has 2 rings (SSSR count). The molecule has 0 saturated heterocycles. The third kappa shape index (κ3) is 3.72. The maximum absolute atomic E-state index is 6.16. The van der Waals surface area contributed by atoms with Crippen molar-refractivity contribution in [3.8, 4) is 0 Å². The molecule has 7 heteroatoms. The van der Waals surface area contributed by atoms with Crippen molar-refractivity contribution in [2.75, 3.05) is 6.61 Å². The highest BCUT2D eigenvalue weighted by Gasteiger charge is 2.15. The van der Waals surface area contributed by atoms with Crippen molar-refractivity contribution in [3.63, 3.8) is 0 Å². The van der Waals surface area contributed by atoms with Gasteiger partial charge in [-0.05, 0) is 13.0 Å². The monoisotopic (exact) mass is 331 g/mol. The van der Waals surface area contributed by atoms with Gasteiger partial charge in [0.2, 0.25) is 0 Å². The molecule has 0 aliphatic carbocycles. The van der Waals surface area contributed by atoms with Gasteiger partial charge in [-0.2, -0.15) is 0 Å². The first-order valence-electron chi connectivity index (χ1n) is 6.54. The largest absolute Gasteiger partial charge is 0.361 e. The Morgan fingerprint density at radius 3 is 2.60 bits per heavy atom. The maximum atomic E-state index is 6.16. The standard InChI is InChI=1S/C13H19Cl2N3OSi/c1-9-16-10-7-11(14)17-13(15)12(10)18(9)8-19-5-6-20(2,3)4/h7H,5-6,8H2,1-4H3. The molecule has 0 aromatic carbocycles. The SMILES string of the molecule is Cc1nc2cc(Cl)nc(Cl)c2n1COCC[Si](C)(C)C. The summed E-state index contributed by atoms with van der Waals surface area (Å²) in [7, 11) is -1.07. The molecule has 0 N–H and O–H groups in total. The first kappa shape index (κ1) is 15.8. The van der Waals surface area contributed by atoms with Crippen molar-refractivity contribution in [1.82, 2.24) is 14.5 Å². The van der Waals surface area contributed by atoms with E-state index in [0.29, 0.717) is 17.0 Å². The molecule has 0 radical (unpaired) electrons. The number of halogens is 2. The van der Waals surface area contributed by atoms with E-state index in [0.717, 1.165) is 29.5 Å². The molecule has 0 aliphatic heterocycles. The van der Waals surface area contributed by atoms with Crippen LogP contribution in [-0.2, 0) is 11.5 Å². The van der Waals surface area contributed by atoms with Crippen LogP contribution in [0.15, 0.2) is 6.07 Å². The number of ether oxygens (including phenoxy) is 1. The number of rotatable bonds is 5. The minimum atomic E-state index is -1.07. The Labute approximate surface area is 130 Å². The lowest BCUT2D eigenvalue weighted by molar-refractivity contribution is 0.0885. The van der Waals surface area contributed by atoms with Crippen molar-refractivity contribution in [1.29, 1.82) is 0 Å². The van der Waals surface area contributed by atoms with Gasteiger partial charge in [0.25, 0.3) is 0 Å². The van der Waals surface area contributed by atoms with Crippen LogP contribution < -0.4 is 0 Å². The Morgan fingerprint density at radius 2 is 1.95 bits per heavy atom. The molecular formula is C13H19Cl2N3OSi. The van der Waals surface area contributed by atoms with Crippen molar-refractivity contribution >= 4 is 42.3 Å². The number of hydrogen-bond acceptors (Lipinski definition) is 3. The Kier molecular flexibility index (Phi) is 4.74. The van der Waals surface area contributed by atoms with Crippen LogP contribution in [0.3, 0.4) is 0 Å². The van der Waals surface area contributed by atoms with Crippen molar-refractivity contribution < 1.29 is 4.74 Å². The Morgan fingerprint density at radius 1 is 1.25 bits per heavy atom. The van der Waals surface area contributed by atoms with Gasteiger partial charge in [0.05, 0.1) is 5.52 Å². The van der Waals surface area contributed by atoms with E-state index in [1.807, 2.05) is 11.5 Å². The second-order valence-electron chi connectivity index (χ2n) is 6.04. The first-order chi connectivity index (χ1) is 9.28. The number of pyridine rings is 1. The Hall–Kier alpha value is -0.623. The summed E-state index contributed by atoms with van der Waals surface area (Å²) in [5.41, 5.74) is 1.53. The van der Waals surface area contributed by atoms with Crippen LogP contribution in [0.1, 0.15) is 5.82 Å². The molecule has 0 fully saturated rings. The van der Waals surface area contributed by atoms with Gasteiger partial charge in [0, 0.05) is 20.7 Å². The third-order valence-electron chi connectivity index (χ3n) is 3.06. The fourth-order valence-electron chi connectivity index (χ4n) is 1.89. The van der Waals surface area contributed by atoms with Gasteiger partial charge in [-0.3, -0.25) is 0 Å². The number of imidazole rings is 1. The molecule has 0 saturated carbocycles. The zero-order valence-electron chi connectivity index (χ0n) is 12.2. The lowest BCUT2D eigenvalue weighted by Gasteiger charge is -2.16. The molecule has 0 amide bonds. The molecular weight excluding hydrogens is 313 g/mol. The van der Waals surface area contributed by atoms with Crippen molar-refractivity contribution in [3.05, 3.63) is 22.2 Å². The number of aromatic nitrogens is 3. The predicted octanol–water partition coefficient (Wildman–Crippen LogP) is 4.36. The normalized spacial score (nSPS) is 12.3. The molecule has 2 aromatic heterocycles. The van der Waals surface area contributed by atoms with E-state index in [1.165, 1.54) is 0 Å². The molecule has 2 heterocycles. The van der Waals surface area contributed by atoms with E-state index < -0.39 is 8.07 Å². The average molecular weight is 332 g/mol. The molecule has 20 heavy (non-hydrogen) atoms. The number of nitrogens with zero attached hydrogens (tertiary/aromatic N) is 3. The summed E-state index contributed by atoms with van der Waals surface area (Å²) in [6.45, 7) is 10.1. The summed E-state index contributed by atoms with van der Waals surface area (Å²) in [5, 5.41) is 0.716. The smallest absolute Gasteiger partial charge is 0.156 e. The summed E-state index contributed by atoms with van der Waals surface area (Å²) >= 11 is 12.1. The van der Waals surface area contributed by atoms with Gasteiger partial charge >= 0.3 is 0 Å². The Balaban J connectivity index is 2.16. The molecule has 0 aliphatic rings. The van der Waals surface area contributed by atoms with Crippen LogP contribution >= 0.6 is 23.2 Å². The summed E-state index contributed by atoms with van der Waals surface area (Å²) in [6, 6.07) is 2.85. The highest BCUT2D eigenvalue weighted by Crippen LogP contribution is 2.25. The highest BCUT2D eigenvalue weighted by molar-refractivity contribution is 6.76. The molecule has 0 atom stereocenters. The lowest BCUT2D eigenvalue weighted by atomic mass is 10.4. The van der Waals surface area contributed by atoms with E-state index in [-0.39, 0.29) is 0 Å². The average Bonchev–Trinajstić information content (AvgIpc) is 2.59. The van der Waals surface area contributed by atoms with Crippen LogP contribution in [0.5, 0.6) is 0 Å². The third-order valence-corrected chi connectivity index (χ3v) is 5.22. The van der Waals surface area contributed by atoms with E-state index in [2.05, 4.69) is 29.6 Å². The second-order valence-corrected chi connectivity index (χ2v) is 12.4. The molecule has 0 unspecified atom stereocenters. The summed E-state index contributed by atoms with van der Waals surface area (Å²) < 4.78 is 7.70. The lowest BCUT2D eigenvalue weighted by Crippen LogP contribution is -2.22. The van der Waals surface area contributed by atoms with Gasteiger partial charge < -0.3 is 9.30 Å². The minimum absolute atomic E-state index is 0.354.